The number of nitrogens with one attached hydrogen (secondary N) is 2. The summed E-state index contributed by atoms with van der Waals surface area (Å²) in [6, 6.07) is 17.5. The maximum atomic E-state index is 3.40. The number of hydrogen-bond donors (Lipinski definition) is 2. The molecule has 2 heteroatoms. The minimum Gasteiger partial charge on any atom is -0.361 e. The van der Waals surface area contributed by atoms with E-state index in [2.05, 4.69) is 78.5 Å². The van der Waals surface area contributed by atoms with Gasteiger partial charge < -0.3 is 9.97 Å². The maximum absolute atomic E-state index is 3.40. The molecular formula is C22H24N2. The second kappa shape index (κ2) is 6.20. The summed E-state index contributed by atoms with van der Waals surface area (Å²) in [6.45, 7) is 4.69. The Morgan fingerprint density at radius 3 is 2.58 bits per heavy atom. The van der Waals surface area contributed by atoms with Crippen LogP contribution in [0.4, 0.5) is 0 Å². The van der Waals surface area contributed by atoms with Crippen LogP contribution in [0.5, 0.6) is 0 Å². The van der Waals surface area contributed by atoms with Crippen molar-refractivity contribution >= 4 is 21.8 Å². The highest BCUT2D eigenvalue weighted by Crippen LogP contribution is 2.32. The molecule has 0 aliphatic carbocycles. The van der Waals surface area contributed by atoms with E-state index in [0.717, 1.165) is 0 Å². The largest absolute Gasteiger partial charge is 0.361 e. The lowest BCUT2D eigenvalue weighted by Gasteiger charge is -2.16. The number of aromatic nitrogens is 2. The molecule has 2 atom stereocenters. The first kappa shape index (κ1) is 15.1. The first-order valence-corrected chi connectivity index (χ1v) is 8.85. The van der Waals surface area contributed by atoms with Gasteiger partial charge in [0.05, 0.1) is 0 Å². The molecule has 2 N–H and O–H groups in total. The molecule has 0 saturated carbocycles. The molecule has 122 valence electrons. The third-order valence-electron chi connectivity index (χ3n) is 5.33. The van der Waals surface area contributed by atoms with Gasteiger partial charge in [0.15, 0.2) is 0 Å². The van der Waals surface area contributed by atoms with Gasteiger partial charge in [-0.05, 0) is 65.5 Å². The van der Waals surface area contributed by atoms with Gasteiger partial charge in [-0.25, -0.2) is 0 Å². The predicted octanol–water partition coefficient (Wildman–Crippen LogP) is 6.34. The smallest absolute Gasteiger partial charge is 0.0456 e. The van der Waals surface area contributed by atoms with Crippen molar-refractivity contribution in [3.8, 4) is 0 Å². The Morgan fingerprint density at radius 1 is 0.833 bits per heavy atom. The summed E-state index contributed by atoms with van der Waals surface area (Å²) in [5.41, 5.74) is 5.34. The van der Waals surface area contributed by atoms with Gasteiger partial charge in [0, 0.05) is 28.8 Å². The number of benzene rings is 2. The molecule has 4 rings (SSSR count). The van der Waals surface area contributed by atoms with Crippen LogP contribution in [0, 0.1) is 0 Å². The van der Waals surface area contributed by atoms with Crippen molar-refractivity contribution in [1.82, 2.24) is 9.97 Å². The molecule has 0 bridgehead atoms. The predicted molar refractivity (Wildman–Crippen MR) is 103 cm³/mol. The van der Waals surface area contributed by atoms with Crippen LogP contribution in [0.25, 0.3) is 21.8 Å². The molecule has 0 aliphatic heterocycles. The zero-order valence-corrected chi connectivity index (χ0v) is 14.3. The van der Waals surface area contributed by atoms with Crippen molar-refractivity contribution in [1.29, 1.82) is 0 Å². The van der Waals surface area contributed by atoms with Crippen LogP contribution in [0.1, 0.15) is 49.7 Å². The van der Waals surface area contributed by atoms with Crippen molar-refractivity contribution in [2.24, 2.45) is 0 Å². The standard InChI is InChI=1S/C22H24N2/c1-15(17-9-10-21-18(13-17)11-12-23-21)7-8-16(2)20-14-24-22-6-4-3-5-19(20)22/h3-6,9-16,23-24H,7-8H2,1-2H3. The van der Waals surface area contributed by atoms with E-state index in [1.807, 2.05) is 6.20 Å². The van der Waals surface area contributed by atoms with E-state index >= 15 is 0 Å². The van der Waals surface area contributed by atoms with Crippen LogP contribution < -0.4 is 0 Å². The van der Waals surface area contributed by atoms with Gasteiger partial charge in [-0.3, -0.25) is 0 Å². The maximum Gasteiger partial charge on any atom is 0.0456 e. The first-order valence-electron chi connectivity index (χ1n) is 8.85. The highest BCUT2D eigenvalue weighted by Gasteiger charge is 2.14. The lowest BCUT2D eigenvalue weighted by molar-refractivity contribution is 0.576. The zero-order chi connectivity index (χ0) is 16.5. The Kier molecular flexibility index (Phi) is 3.89. The van der Waals surface area contributed by atoms with Crippen LogP contribution in [0.2, 0.25) is 0 Å². The molecule has 0 fully saturated rings. The molecule has 0 radical (unpaired) electrons. The second-order valence-corrected chi connectivity index (χ2v) is 6.99. The summed E-state index contributed by atoms with van der Waals surface area (Å²) in [5, 5.41) is 2.68. The quantitative estimate of drug-likeness (QED) is 0.431. The molecule has 2 aromatic carbocycles. The number of aromatic amines is 2. The Hall–Kier alpha value is -2.48. The van der Waals surface area contributed by atoms with E-state index in [1.165, 1.54) is 45.8 Å². The summed E-state index contributed by atoms with van der Waals surface area (Å²) in [6.07, 6.45) is 6.61. The average molecular weight is 316 g/mol. The Labute approximate surface area is 142 Å². The van der Waals surface area contributed by atoms with Gasteiger partial charge in [-0.1, -0.05) is 38.1 Å². The normalized spacial score (nSPS) is 14.2. The van der Waals surface area contributed by atoms with Crippen molar-refractivity contribution < 1.29 is 0 Å². The Balaban J connectivity index is 1.47. The third-order valence-corrected chi connectivity index (χ3v) is 5.33. The zero-order valence-electron chi connectivity index (χ0n) is 14.3. The number of rotatable bonds is 5. The molecule has 0 amide bonds. The summed E-state index contributed by atoms with van der Waals surface area (Å²) < 4.78 is 0. The van der Waals surface area contributed by atoms with Gasteiger partial charge >= 0.3 is 0 Å². The first-order chi connectivity index (χ1) is 11.7. The molecule has 0 saturated heterocycles. The molecule has 2 heterocycles. The number of H-pyrrole nitrogens is 2. The summed E-state index contributed by atoms with van der Waals surface area (Å²) >= 11 is 0. The fourth-order valence-corrected chi connectivity index (χ4v) is 3.70. The monoisotopic (exact) mass is 316 g/mol. The van der Waals surface area contributed by atoms with Gasteiger partial charge in [-0.15, -0.1) is 0 Å². The van der Waals surface area contributed by atoms with Crippen LogP contribution in [-0.4, -0.2) is 9.97 Å². The lowest BCUT2D eigenvalue weighted by atomic mass is 9.89. The van der Waals surface area contributed by atoms with Crippen LogP contribution in [0.3, 0.4) is 0 Å². The molecule has 0 aliphatic rings. The topological polar surface area (TPSA) is 31.6 Å². The van der Waals surface area contributed by atoms with E-state index in [-0.39, 0.29) is 0 Å². The van der Waals surface area contributed by atoms with Gasteiger partial charge in [0.25, 0.3) is 0 Å². The number of para-hydroxylation sites is 1. The van der Waals surface area contributed by atoms with E-state index in [4.69, 9.17) is 0 Å². The number of fused-ring (bicyclic) bond motifs is 2. The molecular weight excluding hydrogens is 292 g/mol. The summed E-state index contributed by atoms with van der Waals surface area (Å²) in [4.78, 5) is 6.67. The minimum absolute atomic E-state index is 0.569. The molecule has 2 nitrogen and oxygen atoms in total. The lowest BCUT2D eigenvalue weighted by Crippen LogP contribution is -1.98. The minimum atomic E-state index is 0.569. The van der Waals surface area contributed by atoms with E-state index in [0.29, 0.717) is 11.8 Å². The Bertz CT molecular complexity index is 960. The van der Waals surface area contributed by atoms with E-state index in [9.17, 15) is 0 Å². The SMILES string of the molecule is CC(CCC(C)c1c[nH]c2ccccc12)c1ccc2[nH]ccc2c1. The molecule has 4 aromatic rings. The number of hydrogen-bond acceptors (Lipinski definition) is 0. The van der Waals surface area contributed by atoms with Gasteiger partial charge in [-0.2, -0.15) is 0 Å². The van der Waals surface area contributed by atoms with E-state index < -0.39 is 0 Å². The molecule has 2 aromatic heterocycles. The molecule has 2 unspecified atom stereocenters. The highest BCUT2D eigenvalue weighted by molar-refractivity contribution is 5.83. The fraction of sp³-hybridized carbons (Fsp3) is 0.273. The average Bonchev–Trinajstić information content (AvgIpc) is 3.25. The van der Waals surface area contributed by atoms with Crippen molar-refractivity contribution in [2.75, 3.05) is 0 Å². The summed E-state index contributed by atoms with van der Waals surface area (Å²) in [7, 11) is 0. The van der Waals surface area contributed by atoms with Crippen LogP contribution in [0.15, 0.2) is 60.9 Å². The second-order valence-electron chi connectivity index (χ2n) is 6.99. The van der Waals surface area contributed by atoms with E-state index in [1.54, 1.807) is 0 Å². The van der Waals surface area contributed by atoms with Crippen molar-refractivity contribution in [3.63, 3.8) is 0 Å². The van der Waals surface area contributed by atoms with Crippen LogP contribution in [-0.2, 0) is 0 Å². The third kappa shape index (κ3) is 2.73. The molecule has 0 spiro atoms. The van der Waals surface area contributed by atoms with Crippen molar-refractivity contribution in [3.05, 3.63) is 72.1 Å². The van der Waals surface area contributed by atoms with Crippen LogP contribution >= 0.6 is 0 Å². The van der Waals surface area contributed by atoms with Gasteiger partial charge in [0.1, 0.15) is 0 Å². The van der Waals surface area contributed by atoms with Crippen molar-refractivity contribution in [2.45, 2.75) is 38.5 Å². The Morgan fingerprint density at radius 2 is 1.67 bits per heavy atom. The molecule has 24 heavy (non-hydrogen) atoms. The fourth-order valence-electron chi connectivity index (χ4n) is 3.70. The summed E-state index contributed by atoms with van der Waals surface area (Å²) in [5.74, 6) is 1.15. The van der Waals surface area contributed by atoms with Gasteiger partial charge in [0.2, 0.25) is 0 Å². The highest BCUT2D eigenvalue weighted by atomic mass is 14.7.